The van der Waals surface area contributed by atoms with Crippen molar-refractivity contribution in [2.75, 3.05) is 0 Å². The first-order valence-corrected chi connectivity index (χ1v) is 47.6. The van der Waals surface area contributed by atoms with E-state index in [1.54, 1.807) is 0 Å². The van der Waals surface area contributed by atoms with Gasteiger partial charge in [0.1, 0.15) is 35.2 Å². The third-order valence-corrected chi connectivity index (χ3v) is 26.0. The number of aromatic nitrogens is 8. The van der Waals surface area contributed by atoms with Crippen LogP contribution in [0.1, 0.15) is 183 Å². The van der Waals surface area contributed by atoms with Gasteiger partial charge in [-0.15, -0.1) is 0 Å². The van der Waals surface area contributed by atoms with Gasteiger partial charge < -0.3 is 13.3 Å². The van der Waals surface area contributed by atoms with Crippen LogP contribution >= 0.6 is 0 Å². The molecule has 11 nitrogen and oxygen atoms in total. The van der Waals surface area contributed by atoms with Crippen molar-refractivity contribution in [3.63, 3.8) is 0 Å². The number of benzene rings is 9. The third-order valence-electron chi connectivity index (χ3n) is 26.0. The maximum Gasteiger partial charge on any atom is 0.227 e. The Morgan fingerprint density at radius 3 is 1.13 bits per heavy atom. The number of hydrogen-bond acceptors (Lipinski definition) is 6. The fraction of sp³-hybridized carbons (Fsp3) is 0.306. The third kappa shape index (κ3) is 19.6. The molecule has 0 bridgehead atoms. The number of hydrogen-bond donors (Lipinski definition) is 0. The van der Waals surface area contributed by atoms with Gasteiger partial charge in [-0.1, -0.05) is 180 Å². The van der Waals surface area contributed by atoms with Crippen LogP contribution in [0.3, 0.4) is 0 Å². The number of nitrogens with zero attached hydrogens (tertiary/aromatic N) is 8. The highest BCUT2D eigenvalue weighted by atomic mass is 16.3. The van der Waals surface area contributed by atoms with Gasteiger partial charge in [0.25, 0.3) is 0 Å². The number of fused-ring (bicyclic) bond motifs is 14. The Balaban J connectivity index is 0.000000130. The van der Waals surface area contributed by atoms with E-state index in [-0.39, 0.29) is 11.8 Å². The average molecular weight is 1800 g/mol. The van der Waals surface area contributed by atoms with Gasteiger partial charge in [-0.2, -0.15) is 13.7 Å². The Bertz CT molecular complexity index is 8410. The summed E-state index contributed by atoms with van der Waals surface area (Å²) in [6.45, 7) is 46.8. The summed E-state index contributed by atoms with van der Waals surface area (Å²) in [7, 11) is 10.2. The summed E-state index contributed by atoms with van der Waals surface area (Å²) in [5.41, 5.74) is 34.7. The minimum Gasteiger partial charge on any atom is -0.437 e. The molecule has 20 aromatic rings. The summed E-state index contributed by atoms with van der Waals surface area (Å²) < 4.78 is 98.6. The highest BCUT2D eigenvalue weighted by Crippen LogP contribution is 2.46. The van der Waals surface area contributed by atoms with E-state index in [0.717, 1.165) is 178 Å². The standard InChI is InChI=1S/C31H29N2O.2C28H29N2O.C19H26N.C18H24N/c1-18(2)17-21-9-8-12-26-23(21)15-16-27(33(26)5)28-20(4)22-10-6-7-11-24(22)29-25-14-13-19(3)32-31(25)34-30(28)29;2*1-16(2)14-20-8-7-9-24-21(20)12-13-25(30(24)6)26-19(5)17(3)15-23-22-11-10-18(4)29-28(22)31-27(23)26;1-14-9-7-8-10-17(14)18-11-15(2)16(13-20(18)6)12-19(3,4)5;1-14-8-6-7-9-16(14)17-11-10-15(13-19(17)5)12-18(2,3)4/h6-16,18H,17H2,1-5H3;2*7-13,15-16H,14H2,1-6H3;7-11,13H,12H2,1-6H3;6-11,13H,12H2,1-5H3/q5*+1/i17D2;14D2;;2*12D2. The molecule has 0 saturated carbocycles. The van der Waals surface area contributed by atoms with Gasteiger partial charge in [0.15, 0.2) is 29.1 Å². The monoisotopic (exact) mass is 1790 g/mol. The maximum absolute atomic E-state index is 8.74. The van der Waals surface area contributed by atoms with Gasteiger partial charge in [0.05, 0.1) is 16.7 Å². The average Bonchev–Trinajstić information content (AvgIpc) is 1.61. The minimum atomic E-state index is -1.43. The summed E-state index contributed by atoms with van der Waals surface area (Å²) in [6, 6.07) is 79.3. The van der Waals surface area contributed by atoms with E-state index in [2.05, 4.69) is 258 Å². The molecule has 0 unspecified atom stereocenters. The van der Waals surface area contributed by atoms with Crippen LogP contribution < -0.4 is 22.8 Å². The zero-order valence-electron chi connectivity index (χ0n) is 92.3. The number of aryl methyl sites for hydroxylation is 14. The van der Waals surface area contributed by atoms with Crippen molar-refractivity contribution in [3.8, 4) is 56.3 Å². The van der Waals surface area contributed by atoms with E-state index in [1.165, 1.54) is 66.4 Å². The van der Waals surface area contributed by atoms with Gasteiger partial charge in [-0.25, -0.2) is 24.1 Å². The van der Waals surface area contributed by atoms with E-state index in [4.69, 9.17) is 29.2 Å². The van der Waals surface area contributed by atoms with Gasteiger partial charge >= 0.3 is 0 Å². The van der Waals surface area contributed by atoms with Crippen LogP contribution in [0.25, 0.3) is 166 Å². The molecule has 11 heterocycles. The van der Waals surface area contributed by atoms with E-state index in [1.807, 2.05) is 212 Å². The number of furan rings is 3. The fourth-order valence-electron chi connectivity index (χ4n) is 19.2. The topological polar surface area (TPSA) is 97.5 Å². The lowest BCUT2D eigenvalue weighted by molar-refractivity contribution is -0.661. The minimum absolute atomic E-state index is 0.127. The molecule has 0 aliphatic rings. The maximum atomic E-state index is 8.74. The van der Waals surface area contributed by atoms with Crippen LogP contribution in [0.15, 0.2) is 256 Å². The lowest BCUT2D eigenvalue weighted by atomic mass is 9.87. The van der Waals surface area contributed by atoms with Crippen molar-refractivity contribution in [2.24, 2.45) is 63.8 Å². The first kappa shape index (κ1) is 84.6. The Morgan fingerprint density at radius 1 is 0.304 bits per heavy atom. The lowest BCUT2D eigenvalue weighted by Crippen LogP contribution is -2.32. The predicted octanol–water partition coefficient (Wildman–Crippen LogP) is 29.6. The molecule has 0 aliphatic heterocycles. The van der Waals surface area contributed by atoms with Crippen LogP contribution in [0.2, 0.25) is 0 Å². The molecule has 0 N–H and O–H groups in total. The molecule has 0 fully saturated rings. The predicted molar refractivity (Wildman–Crippen MR) is 565 cm³/mol. The quantitative estimate of drug-likeness (QED) is 0.107. The van der Waals surface area contributed by atoms with Crippen molar-refractivity contribution in [2.45, 2.75) is 191 Å². The fourth-order valence-corrected chi connectivity index (χ4v) is 19.2. The number of rotatable bonds is 13. The molecule has 0 aliphatic carbocycles. The SMILES string of the molecule is Cc1ccc2c(n1)oc1c(-c3ccc4c(CC(C)C)cccc4[n+]3C)c(C)c(C)cc12.[2H]C([2H])(c1c[n+](C)c(-c2ccccc2C)cc1C)C(C)(C)C.[2H]C([2H])(c1ccc(-c2ccccc2C)[n+](C)c1)C(C)(C)C.[2H]C([2H])(c1cccc2c1ccc(-c1c(C)c(C)cc3c1oc1nc(C)ccc13)[n+]2C)C(C)C.[2H]C([2H])(c1cccc2c1ccc(-c1c(C)c3ccccc3c3c1oc1nc(C)ccc13)[n+]2C)C(C)C. The van der Waals surface area contributed by atoms with Crippen LogP contribution in [0, 0.1) is 105 Å². The smallest absolute Gasteiger partial charge is 0.227 e. The largest absolute Gasteiger partial charge is 0.437 e. The molecule has 0 radical (unpaired) electrons. The Labute approximate surface area is 810 Å². The van der Waals surface area contributed by atoms with E-state index >= 15 is 0 Å². The Hall–Kier alpha value is -13.4. The van der Waals surface area contributed by atoms with Gasteiger partial charge in [-0.3, -0.25) is 0 Å². The Morgan fingerprint density at radius 2 is 0.689 bits per heavy atom. The van der Waals surface area contributed by atoms with E-state index in [0.29, 0.717) is 23.1 Å². The molecule has 0 atom stereocenters. The molecule has 20 rings (SSSR count). The van der Waals surface area contributed by atoms with Gasteiger partial charge in [0, 0.05) is 147 Å². The molecule has 686 valence electrons. The summed E-state index contributed by atoms with van der Waals surface area (Å²) in [5, 5.41) is 11.9. The highest BCUT2D eigenvalue weighted by Gasteiger charge is 2.31. The molecule has 9 aromatic carbocycles. The first-order chi connectivity index (χ1) is 67.3. The molecule has 0 spiro atoms. The molecule has 135 heavy (non-hydrogen) atoms. The zero-order valence-corrected chi connectivity index (χ0v) is 84.3. The second-order valence-corrected chi connectivity index (χ2v) is 40.1. The van der Waals surface area contributed by atoms with Crippen LogP contribution in [0.4, 0.5) is 0 Å². The second-order valence-electron chi connectivity index (χ2n) is 40.1. The van der Waals surface area contributed by atoms with Crippen molar-refractivity contribution in [1.82, 2.24) is 15.0 Å². The lowest BCUT2D eigenvalue weighted by Gasteiger charge is -2.19. The van der Waals surface area contributed by atoms with Crippen LogP contribution in [-0.4, -0.2) is 15.0 Å². The van der Waals surface area contributed by atoms with Gasteiger partial charge in [0.2, 0.25) is 62.2 Å². The molecular weight excluding hydrogens is 1650 g/mol. The van der Waals surface area contributed by atoms with Crippen molar-refractivity contribution in [3.05, 3.63) is 332 Å². The van der Waals surface area contributed by atoms with E-state index in [9.17, 15) is 0 Å². The van der Waals surface area contributed by atoms with Crippen molar-refractivity contribution in [1.29, 1.82) is 0 Å². The van der Waals surface area contributed by atoms with Crippen LogP contribution in [-0.2, 0) is 67.2 Å². The molecule has 11 aromatic heterocycles. The second kappa shape index (κ2) is 38.5. The van der Waals surface area contributed by atoms with Crippen molar-refractivity contribution >= 4 is 110 Å². The molecule has 11 heteroatoms. The summed E-state index contributed by atoms with van der Waals surface area (Å²) in [4.78, 5) is 14.0. The Kier molecular flexibility index (Phi) is 24.2. The number of pyridine rings is 8. The van der Waals surface area contributed by atoms with Crippen molar-refractivity contribution < 1.29 is 47.1 Å². The van der Waals surface area contributed by atoms with Gasteiger partial charge in [-0.05, 0) is 294 Å². The van der Waals surface area contributed by atoms with Crippen LogP contribution in [0.5, 0.6) is 0 Å². The molecule has 0 amide bonds. The summed E-state index contributed by atoms with van der Waals surface area (Å²) in [6.07, 6.45) is -0.645. The van der Waals surface area contributed by atoms with E-state index < -0.39 is 36.3 Å². The highest BCUT2D eigenvalue weighted by molar-refractivity contribution is 6.23. The first-order valence-electron chi connectivity index (χ1n) is 51.6. The summed E-state index contributed by atoms with van der Waals surface area (Å²) >= 11 is 0. The molecular formula is C124H137N8O3+5. The zero-order chi connectivity index (χ0) is 103. The summed E-state index contributed by atoms with van der Waals surface area (Å²) in [5.74, 6) is 0.362. The normalized spacial score (nSPS) is 13.2. The molecule has 0 saturated heterocycles.